The predicted molar refractivity (Wildman–Crippen MR) is 75.7 cm³/mol. The molecule has 0 saturated carbocycles. The van der Waals surface area contributed by atoms with E-state index in [1.165, 1.54) is 0 Å². The second-order valence-electron chi connectivity index (χ2n) is 5.32. The van der Waals surface area contributed by atoms with Crippen molar-refractivity contribution in [1.29, 1.82) is 0 Å². The van der Waals surface area contributed by atoms with Gasteiger partial charge in [-0.2, -0.15) is 0 Å². The highest BCUT2D eigenvalue weighted by atomic mass is 16.5. The number of nitrogens with one attached hydrogen (secondary N) is 1. The molecule has 0 spiro atoms. The minimum atomic E-state index is -0.757. The van der Waals surface area contributed by atoms with Gasteiger partial charge in [-0.1, -0.05) is 6.42 Å². The molecule has 20 heavy (non-hydrogen) atoms. The Hall–Kier alpha value is -1.30. The van der Waals surface area contributed by atoms with Crippen molar-refractivity contribution in [2.24, 2.45) is 5.92 Å². The molecule has 0 aromatic heterocycles. The summed E-state index contributed by atoms with van der Waals surface area (Å²) in [6.07, 6.45) is 4.55. The van der Waals surface area contributed by atoms with Crippen LogP contribution in [0.2, 0.25) is 0 Å². The van der Waals surface area contributed by atoms with E-state index < -0.39 is 5.97 Å². The smallest absolute Gasteiger partial charge is 0.317 e. The Morgan fingerprint density at radius 2 is 1.95 bits per heavy atom. The second-order valence-corrected chi connectivity index (χ2v) is 5.32. The summed E-state index contributed by atoms with van der Waals surface area (Å²) in [5.74, 6) is -0.187. The van der Waals surface area contributed by atoms with Crippen molar-refractivity contribution in [1.82, 2.24) is 10.2 Å². The Morgan fingerprint density at radius 3 is 2.55 bits per heavy atom. The van der Waals surface area contributed by atoms with Gasteiger partial charge in [0.1, 0.15) is 0 Å². The summed E-state index contributed by atoms with van der Waals surface area (Å²) < 4.78 is 5.14. The Morgan fingerprint density at radius 1 is 1.25 bits per heavy atom. The van der Waals surface area contributed by atoms with Crippen molar-refractivity contribution in [3.05, 3.63) is 0 Å². The van der Waals surface area contributed by atoms with Crippen molar-refractivity contribution in [3.63, 3.8) is 0 Å². The number of hydrogen-bond donors (Lipinski definition) is 2. The van der Waals surface area contributed by atoms with Gasteiger partial charge in [0.15, 0.2) is 0 Å². The van der Waals surface area contributed by atoms with E-state index in [9.17, 15) is 9.59 Å². The maximum atomic E-state index is 11.9. The molecule has 1 aliphatic rings. The molecule has 0 unspecified atom stereocenters. The van der Waals surface area contributed by atoms with E-state index in [2.05, 4.69) is 5.32 Å². The third-order valence-electron chi connectivity index (χ3n) is 3.65. The van der Waals surface area contributed by atoms with E-state index in [0.717, 1.165) is 45.4 Å². The normalized spacial score (nSPS) is 16.1. The van der Waals surface area contributed by atoms with E-state index in [1.807, 2.05) is 4.90 Å². The lowest BCUT2D eigenvalue weighted by Gasteiger charge is -2.31. The molecule has 1 aliphatic heterocycles. The van der Waals surface area contributed by atoms with Crippen LogP contribution >= 0.6 is 0 Å². The van der Waals surface area contributed by atoms with Gasteiger partial charge in [-0.25, -0.2) is 4.79 Å². The largest absolute Gasteiger partial charge is 0.481 e. The molecule has 0 bridgehead atoms. The topological polar surface area (TPSA) is 78.9 Å². The average molecular weight is 286 g/mol. The summed E-state index contributed by atoms with van der Waals surface area (Å²) in [4.78, 5) is 24.1. The molecule has 0 aromatic rings. The first-order valence-corrected chi connectivity index (χ1v) is 7.37. The first-order chi connectivity index (χ1) is 9.63. The molecule has 116 valence electrons. The van der Waals surface area contributed by atoms with Gasteiger partial charge in [-0.15, -0.1) is 0 Å². The molecule has 2 amide bonds. The highest BCUT2D eigenvalue weighted by Gasteiger charge is 2.22. The maximum Gasteiger partial charge on any atom is 0.317 e. The number of nitrogens with zero attached hydrogens (tertiary/aromatic N) is 1. The fourth-order valence-corrected chi connectivity index (χ4v) is 2.42. The summed E-state index contributed by atoms with van der Waals surface area (Å²) >= 11 is 0. The first-order valence-electron chi connectivity index (χ1n) is 7.37. The number of urea groups is 1. The van der Waals surface area contributed by atoms with Gasteiger partial charge < -0.3 is 20.1 Å². The molecule has 1 fully saturated rings. The van der Waals surface area contributed by atoms with E-state index in [-0.39, 0.29) is 12.5 Å². The zero-order valence-electron chi connectivity index (χ0n) is 12.3. The van der Waals surface area contributed by atoms with Crippen LogP contribution in [0.1, 0.15) is 38.5 Å². The summed E-state index contributed by atoms with van der Waals surface area (Å²) in [5.41, 5.74) is 0. The highest BCUT2D eigenvalue weighted by molar-refractivity contribution is 5.74. The van der Waals surface area contributed by atoms with Crippen LogP contribution in [0.15, 0.2) is 0 Å². The molecule has 0 aliphatic carbocycles. The van der Waals surface area contributed by atoms with E-state index in [1.54, 1.807) is 7.11 Å². The number of amides is 2. The number of carboxylic acid groups (broad SMARTS) is 1. The molecule has 0 aromatic carbocycles. The van der Waals surface area contributed by atoms with Crippen molar-refractivity contribution in [2.45, 2.75) is 38.5 Å². The Kier molecular flexibility index (Phi) is 8.02. The van der Waals surface area contributed by atoms with Crippen LogP contribution in [0.5, 0.6) is 0 Å². The summed E-state index contributed by atoms with van der Waals surface area (Å²) in [6, 6.07) is -0.000832. The molecule has 1 rings (SSSR count). The SMILES string of the molecule is COCC1CCN(C(=O)NCCCCCC(=O)O)CC1. The number of carboxylic acids is 1. The number of carbonyl (C=O) groups excluding carboxylic acids is 1. The van der Waals surface area contributed by atoms with Gasteiger partial charge in [0, 0.05) is 39.8 Å². The van der Waals surface area contributed by atoms with Gasteiger partial charge in [0.05, 0.1) is 0 Å². The fraction of sp³-hybridized carbons (Fsp3) is 0.857. The number of aliphatic carboxylic acids is 1. The third-order valence-corrected chi connectivity index (χ3v) is 3.65. The highest BCUT2D eigenvalue weighted by Crippen LogP contribution is 2.17. The second kappa shape index (κ2) is 9.58. The third kappa shape index (κ3) is 6.75. The lowest BCUT2D eigenvalue weighted by atomic mass is 9.98. The monoisotopic (exact) mass is 286 g/mol. The molecule has 0 atom stereocenters. The van der Waals surface area contributed by atoms with E-state index in [4.69, 9.17) is 9.84 Å². The standard InChI is InChI=1S/C14H26N2O4/c1-20-11-12-6-9-16(10-7-12)14(19)15-8-4-2-3-5-13(17)18/h12H,2-11H2,1H3,(H,15,19)(H,17,18). The van der Waals surface area contributed by atoms with Crippen molar-refractivity contribution < 1.29 is 19.4 Å². The quantitative estimate of drug-likeness (QED) is 0.666. The number of unbranched alkanes of at least 4 members (excludes halogenated alkanes) is 2. The van der Waals surface area contributed by atoms with Crippen LogP contribution in [0.3, 0.4) is 0 Å². The molecule has 2 N–H and O–H groups in total. The molecule has 0 radical (unpaired) electrons. The number of likely N-dealkylation sites (tertiary alicyclic amines) is 1. The van der Waals surface area contributed by atoms with Gasteiger partial charge in [0.25, 0.3) is 0 Å². The fourth-order valence-electron chi connectivity index (χ4n) is 2.42. The number of carbonyl (C=O) groups is 2. The van der Waals surface area contributed by atoms with Crippen LogP contribution < -0.4 is 5.32 Å². The molecule has 1 saturated heterocycles. The van der Waals surface area contributed by atoms with E-state index in [0.29, 0.717) is 18.9 Å². The maximum absolute atomic E-state index is 11.9. The average Bonchev–Trinajstić information content (AvgIpc) is 2.43. The first kappa shape index (κ1) is 16.8. The number of rotatable bonds is 8. The van der Waals surface area contributed by atoms with Crippen molar-refractivity contribution in [2.75, 3.05) is 33.4 Å². The molecule has 6 nitrogen and oxygen atoms in total. The van der Waals surface area contributed by atoms with Crippen molar-refractivity contribution in [3.8, 4) is 0 Å². The van der Waals surface area contributed by atoms with Gasteiger partial charge in [-0.05, 0) is 31.6 Å². The summed E-state index contributed by atoms with van der Waals surface area (Å²) in [6.45, 7) is 2.98. The van der Waals surface area contributed by atoms with Gasteiger partial charge in [0.2, 0.25) is 0 Å². The zero-order valence-corrected chi connectivity index (χ0v) is 12.3. The number of piperidine rings is 1. The predicted octanol–water partition coefficient (Wildman–Crippen LogP) is 1.70. The molecular formula is C14H26N2O4. The van der Waals surface area contributed by atoms with Crippen LogP contribution in [-0.2, 0) is 9.53 Å². The van der Waals surface area contributed by atoms with Crippen molar-refractivity contribution >= 4 is 12.0 Å². The number of methoxy groups -OCH3 is 1. The zero-order chi connectivity index (χ0) is 14.8. The summed E-state index contributed by atoms with van der Waals surface area (Å²) in [7, 11) is 1.71. The van der Waals surface area contributed by atoms with Crippen LogP contribution in [0, 0.1) is 5.92 Å². The van der Waals surface area contributed by atoms with Crippen LogP contribution in [0.25, 0.3) is 0 Å². The van der Waals surface area contributed by atoms with Gasteiger partial charge >= 0.3 is 12.0 Å². The summed E-state index contributed by atoms with van der Waals surface area (Å²) in [5, 5.41) is 11.4. The van der Waals surface area contributed by atoms with Crippen LogP contribution in [0.4, 0.5) is 4.79 Å². The van der Waals surface area contributed by atoms with Gasteiger partial charge in [-0.3, -0.25) is 4.79 Å². The lowest BCUT2D eigenvalue weighted by Crippen LogP contribution is -2.45. The minimum absolute atomic E-state index is 0.000832. The molecular weight excluding hydrogens is 260 g/mol. The Bertz CT molecular complexity index is 302. The Labute approximate surface area is 120 Å². The number of hydrogen-bond acceptors (Lipinski definition) is 3. The number of ether oxygens (including phenoxy) is 1. The lowest BCUT2D eigenvalue weighted by molar-refractivity contribution is -0.137. The van der Waals surface area contributed by atoms with Crippen LogP contribution in [-0.4, -0.2) is 55.4 Å². The Balaban J connectivity index is 2.04. The molecule has 1 heterocycles. The van der Waals surface area contributed by atoms with E-state index >= 15 is 0 Å². The molecule has 6 heteroatoms. The minimum Gasteiger partial charge on any atom is -0.481 e.